The normalized spacial score (nSPS) is 14.1. The SMILES string of the molecule is O=c1cc(-c2ccc(F)cc2)c2ccc(CNn3ccc(C4CCC4)n3)cc2o1. The third kappa shape index (κ3) is 3.53. The van der Waals surface area contributed by atoms with Crippen LogP contribution >= 0.6 is 0 Å². The Labute approximate surface area is 166 Å². The van der Waals surface area contributed by atoms with Gasteiger partial charge in [-0.3, -0.25) is 0 Å². The molecule has 0 unspecified atom stereocenters. The van der Waals surface area contributed by atoms with E-state index in [2.05, 4.69) is 16.6 Å². The van der Waals surface area contributed by atoms with Crippen LogP contribution in [0.1, 0.15) is 36.4 Å². The molecule has 0 spiro atoms. The quantitative estimate of drug-likeness (QED) is 0.498. The first-order valence-corrected chi connectivity index (χ1v) is 9.78. The summed E-state index contributed by atoms with van der Waals surface area (Å²) < 4.78 is 18.7. The maximum Gasteiger partial charge on any atom is 0.336 e. The smallest absolute Gasteiger partial charge is 0.336 e. The first-order chi connectivity index (χ1) is 14.2. The van der Waals surface area contributed by atoms with E-state index in [-0.39, 0.29) is 5.82 Å². The number of aromatic nitrogens is 2. The molecule has 5 nitrogen and oxygen atoms in total. The van der Waals surface area contributed by atoms with Crippen LogP contribution in [0.2, 0.25) is 0 Å². The Morgan fingerprint density at radius 2 is 1.93 bits per heavy atom. The standard InChI is InChI=1S/C23H20FN3O2/c24-18-7-5-16(6-8-18)20-13-23(28)29-22-12-15(4-9-19(20)22)14-25-27-11-10-21(26-27)17-2-1-3-17/h4-13,17,25H,1-3,14H2. The molecule has 0 amide bonds. The first-order valence-electron chi connectivity index (χ1n) is 9.78. The van der Waals surface area contributed by atoms with E-state index < -0.39 is 5.63 Å². The monoisotopic (exact) mass is 389 g/mol. The Kier molecular flexibility index (Phi) is 4.39. The van der Waals surface area contributed by atoms with Crippen molar-refractivity contribution in [1.29, 1.82) is 0 Å². The highest BCUT2D eigenvalue weighted by molar-refractivity contribution is 5.93. The van der Waals surface area contributed by atoms with E-state index in [9.17, 15) is 9.18 Å². The molecule has 2 aromatic carbocycles. The van der Waals surface area contributed by atoms with Crippen molar-refractivity contribution in [3.63, 3.8) is 0 Å². The van der Waals surface area contributed by atoms with Crippen molar-refractivity contribution >= 4 is 11.0 Å². The summed E-state index contributed by atoms with van der Waals surface area (Å²) in [6, 6.07) is 15.4. The van der Waals surface area contributed by atoms with Crippen LogP contribution in [-0.2, 0) is 6.54 Å². The molecule has 1 aliphatic carbocycles. The van der Waals surface area contributed by atoms with Gasteiger partial charge in [0.2, 0.25) is 0 Å². The van der Waals surface area contributed by atoms with E-state index in [1.807, 2.05) is 24.4 Å². The lowest BCUT2D eigenvalue weighted by Gasteiger charge is -2.22. The van der Waals surface area contributed by atoms with Gasteiger partial charge in [-0.25, -0.2) is 9.18 Å². The second-order valence-corrected chi connectivity index (χ2v) is 7.46. The summed E-state index contributed by atoms with van der Waals surface area (Å²) in [6.07, 6.45) is 5.66. The largest absolute Gasteiger partial charge is 0.423 e. The number of nitrogens with zero attached hydrogens (tertiary/aromatic N) is 2. The fourth-order valence-electron chi connectivity index (χ4n) is 3.71. The molecule has 1 saturated carbocycles. The number of hydrogen-bond acceptors (Lipinski definition) is 4. The average Bonchev–Trinajstić information content (AvgIpc) is 3.13. The van der Waals surface area contributed by atoms with E-state index >= 15 is 0 Å². The Hall–Kier alpha value is -3.41. The molecule has 2 heterocycles. The molecule has 146 valence electrons. The van der Waals surface area contributed by atoms with Crippen LogP contribution in [0, 0.1) is 5.82 Å². The Balaban J connectivity index is 1.40. The summed E-state index contributed by atoms with van der Waals surface area (Å²) in [5.74, 6) is 0.284. The molecule has 1 N–H and O–H groups in total. The van der Waals surface area contributed by atoms with Crippen LogP contribution in [0.5, 0.6) is 0 Å². The molecule has 6 heteroatoms. The van der Waals surface area contributed by atoms with Crippen LogP contribution < -0.4 is 11.1 Å². The van der Waals surface area contributed by atoms with Crippen molar-refractivity contribution in [3.8, 4) is 11.1 Å². The molecule has 0 bridgehead atoms. The minimum Gasteiger partial charge on any atom is -0.423 e. The Bertz CT molecular complexity index is 1220. The summed E-state index contributed by atoms with van der Waals surface area (Å²) >= 11 is 0. The maximum absolute atomic E-state index is 13.2. The molecule has 0 radical (unpaired) electrons. The highest BCUT2D eigenvalue weighted by Gasteiger charge is 2.21. The number of fused-ring (bicyclic) bond motifs is 1. The van der Waals surface area contributed by atoms with Gasteiger partial charge in [-0.15, -0.1) is 0 Å². The lowest BCUT2D eigenvalue weighted by molar-refractivity contribution is 0.408. The highest BCUT2D eigenvalue weighted by atomic mass is 19.1. The number of rotatable bonds is 5. The van der Waals surface area contributed by atoms with Crippen LogP contribution in [0.25, 0.3) is 22.1 Å². The maximum atomic E-state index is 13.2. The van der Waals surface area contributed by atoms with E-state index in [1.54, 1.807) is 16.9 Å². The van der Waals surface area contributed by atoms with Gasteiger partial charge in [0.1, 0.15) is 11.4 Å². The van der Waals surface area contributed by atoms with Gasteiger partial charge in [0, 0.05) is 23.6 Å². The lowest BCUT2D eigenvalue weighted by atomic mass is 9.83. The van der Waals surface area contributed by atoms with Gasteiger partial charge in [0.05, 0.1) is 12.2 Å². The number of halogens is 1. The Morgan fingerprint density at radius 3 is 2.69 bits per heavy atom. The van der Waals surface area contributed by atoms with Crippen LogP contribution in [0.4, 0.5) is 4.39 Å². The Morgan fingerprint density at radius 1 is 1.10 bits per heavy atom. The van der Waals surface area contributed by atoms with Gasteiger partial charge in [0.25, 0.3) is 0 Å². The van der Waals surface area contributed by atoms with Gasteiger partial charge >= 0.3 is 5.63 Å². The zero-order valence-corrected chi connectivity index (χ0v) is 15.8. The second kappa shape index (κ2) is 7.20. The molecule has 0 aliphatic heterocycles. The summed E-state index contributed by atoms with van der Waals surface area (Å²) in [6.45, 7) is 0.548. The van der Waals surface area contributed by atoms with E-state index in [4.69, 9.17) is 4.42 Å². The molecular formula is C23H20FN3O2. The van der Waals surface area contributed by atoms with Crippen LogP contribution in [-0.4, -0.2) is 9.89 Å². The predicted octanol–water partition coefficient (Wildman–Crippen LogP) is 4.81. The van der Waals surface area contributed by atoms with Crippen LogP contribution in [0.15, 0.2) is 70.0 Å². The van der Waals surface area contributed by atoms with E-state index in [0.717, 1.165) is 27.8 Å². The van der Waals surface area contributed by atoms with Crippen molar-refractivity contribution in [2.75, 3.05) is 5.43 Å². The zero-order valence-electron chi connectivity index (χ0n) is 15.8. The molecular weight excluding hydrogens is 369 g/mol. The molecule has 2 aromatic heterocycles. The topological polar surface area (TPSA) is 60.1 Å². The second-order valence-electron chi connectivity index (χ2n) is 7.46. The molecule has 0 saturated heterocycles. The summed E-state index contributed by atoms with van der Waals surface area (Å²) in [4.78, 5) is 13.8. The molecule has 5 rings (SSSR count). The first kappa shape index (κ1) is 17.7. The molecule has 4 aromatic rings. The number of benzene rings is 2. The molecule has 29 heavy (non-hydrogen) atoms. The number of hydrogen-bond donors (Lipinski definition) is 1. The predicted molar refractivity (Wildman–Crippen MR) is 110 cm³/mol. The van der Waals surface area contributed by atoms with Crippen molar-refractivity contribution < 1.29 is 8.81 Å². The summed E-state index contributed by atoms with van der Waals surface area (Å²) in [7, 11) is 0. The van der Waals surface area contributed by atoms with E-state index in [0.29, 0.717) is 18.0 Å². The van der Waals surface area contributed by atoms with Crippen molar-refractivity contribution in [1.82, 2.24) is 9.89 Å². The third-order valence-corrected chi connectivity index (χ3v) is 5.54. The fourth-order valence-corrected chi connectivity index (χ4v) is 3.71. The molecule has 0 atom stereocenters. The summed E-state index contributed by atoms with van der Waals surface area (Å²) in [5, 5.41) is 5.40. The van der Waals surface area contributed by atoms with Crippen LogP contribution in [0.3, 0.4) is 0 Å². The van der Waals surface area contributed by atoms with Crippen molar-refractivity contribution in [2.45, 2.75) is 31.7 Å². The fraction of sp³-hybridized carbons (Fsp3) is 0.217. The van der Waals surface area contributed by atoms with Gasteiger partial charge in [-0.05, 0) is 53.8 Å². The average molecular weight is 389 g/mol. The van der Waals surface area contributed by atoms with Crippen molar-refractivity contribution in [3.05, 3.63) is 88.3 Å². The molecule has 1 fully saturated rings. The number of nitrogens with one attached hydrogen (secondary N) is 1. The van der Waals surface area contributed by atoms with Gasteiger partial charge in [0.15, 0.2) is 0 Å². The van der Waals surface area contributed by atoms with Gasteiger partial charge in [-0.1, -0.05) is 30.7 Å². The zero-order chi connectivity index (χ0) is 19.8. The van der Waals surface area contributed by atoms with Gasteiger partial charge in [-0.2, -0.15) is 9.89 Å². The van der Waals surface area contributed by atoms with Gasteiger partial charge < -0.3 is 9.84 Å². The summed E-state index contributed by atoms with van der Waals surface area (Å²) in [5.41, 5.74) is 6.94. The minimum atomic E-state index is -0.431. The third-order valence-electron chi connectivity index (χ3n) is 5.54. The van der Waals surface area contributed by atoms with Crippen molar-refractivity contribution in [2.24, 2.45) is 0 Å². The minimum absolute atomic E-state index is 0.312. The molecule has 1 aliphatic rings. The highest BCUT2D eigenvalue weighted by Crippen LogP contribution is 2.35. The van der Waals surface area contributed by atoms with E-state index in [1.165, 1.54) is 37.5 Å². The lowest BCUT2D eigenvalue weighted by Crippen LogP contribution is -2.16.